The molecule has 3 aromatic rings. The van der Waals surface area contributed by atoms with E-state index >= 15 is 0 Å². The van der Waals surface area contributed by atoms with Crippen LogP contribution in [0.5, 0.6) is 5.75 Å². The Balaban J connectivity index is 1.53. The molecule has 6 nitrogen and oxygen atoms in total. The fourth-order valence-corrected chi connectivity index (χ4v) is 6.08. The minimum atomic E-state index is -3.74. The third-order valence-corrected chi connectivity index (χ3v) is 8.25. The lowest BCUT2D eigenvalue weighted by molar-refractivity contribution is 0.382. The third-order valence-electron chi connectivity index (χ3n) is 6.85. The van der Waals surface area contributed by atoms with Gasteiger partial charge in [0.1, 0.15) is 11.5 Å². The van der Waals surface area contributed by atoms with Crippen molar-refractivity contribution in [1.82, 2.24) is 0 Å². The van der Waals surface area contributed by atoms with Crippen LogP contribution in [0.4, 0.5) is 5.69 Å². The highest BCUT2D eigenvalue weighted by atomic mass is 32.2. The minimum Gasteiger partial charge on any atom is -0.507 e. The first-order valence-corrected chi connectivity index (χ1v) is 13.5. The molecule has 0 bridgehead atoms. The number of fused-ring (bicyclic) bond motifs is 1. The van der Waals surface area contributed by atoms with Crippen LogP contribution in [0.2, 0.25) is 0 Å². The van der Waals surface area contributed by atoms with Crippen molar-refractivity contribution in [3.8, 4) is 5.75 Å². The number of hydrogen-bond donors (Lipinski definition) is 2. The van der Waals surface area contributed by atoms with Gasteiger partial charge in [0, 0.05) is 23.6 Å². The van der Waals surface area contributed by atoms with Crippen LogP contribution in [-0.4, -0.2) is 13.5 Å². The van der Waals surface area contributed by atoms with Crippen molar-refractivity contribution in [2.24, 2.45) is 5.92 Å². The molecule has 1 heterocycles. The predicted molar refractivity (Wildman–Crippen MR) is 131 cm³/mol. The van der Waals surface area contributed by atoms with Crippen LogP contribution >= 0.6 is 0 Å². The highest BCUT2D eigenvalue weighted by molar-refractivity contribution is 7.92. The van der Waals surface area contributed by atoms with Gasteiger partial charge in [-0.05, 0) is 67.9 Å². The maximum Gasteiger partial charge on any atom is 0.343 e. The largest absolute Gasteiger partial charge is 0.507 e. The van der Waals surface area contributed by atoms with Gasteiger partial charge in [0.15, 0.2) is 0 Å². The second-order valence-corrected chi connectivity index (χ2v) is 11.0. The molecule has 2 N–H and O–H groups in total. The van der Waals surface area contributed by atoms with Gasteiger partial charge in [-0.3, -0.25) is 4.72 Å². The zero-order chi connectivity index (χ0) is 23.7. The van der Waals surface area contributed by atoms with Gasteiger partial charge >= 0.3 is 5.63 Å². The van der Waals surface area contributed by atoms with E-state index in [2.05, 4.69) is 4.72 Å². The fraction of sp³-hybridized carbons (Fsp3) is 0.370. The minimum absolute atomic E-state index is 0.0697. The molecule has 0 aliphatic heterocycles. The quantitative estimate of drug-likeness (QED) is 0.497. The predicted octanol–water partition coefficient (Wildman–Crippen LogP) is 5.35. The molecule has 178 valence electrons. The zero-order valence-corrected chi connectivity index (χ0v) is 19.8. The standard InChI is InChI=1S/C27H29NO5S/c29-26-22-13-6-1-2-7-14-23(22)33-27(30)25(26)24(18-15-16-18)19-9-8-10-20(17-19)28-34(31,32)21-11-4-3-5-12-21/h3-5,8-12,17-18,24,28-29H,1-2,6-7,13-16H2/t24-/m1/s1. The number of rotatable bonds is 6. The van der Waals surface area contributed by atoms with Gasteiger partial charge in [0.05, 0.1) is 10.5 Å². The maximum absolute atomic E-state index is 13.1. The van der Waals surface area contributed by atoms with E-state index in [1.807, 2.05) is 6.07 Å². The third kappa shape index (κ3) is 4.62. The highest BCUT2D eigenvalue weighted by Gasteiger charge is 2.38. The van der Waals surface area contributed by atoms with Crippen molar-refractivity contribution in [1.29, 1.82) is 0 Å². The van der Waals surface area contributed by atoms with Crippen molar-refractivity contribution in [3.05, 3.63) is 87.5 Å². The van der Waals surface area contributed by atoms with Crippen molar-refractivity contribution >= 4 is 15.7 Å². The summed E-state index contributed by atoms with van der Waals surface area (Å²) in [5.74, 6) is 0.555. The number of nitrogens with one attached hydrogen (secondary N) is 1. The van der Waals surface area contributed by atoms with Crippen LogP contribution in [0.1, 0.15) is 66.9 Å². The van der Waals surface area contributed by atoms with E-state index in [1.54, 1.807) is 48.5 Å². The summed E-state index contributed by atoms with van der Waals surface area (Å²) in [6.07, 6.45) is 7.37. The van der Waals surface area contributed by atoms with Gasteiger partial charge in [-0.25, -0.2) is 13.2 Å². The molecule has 0 amide bonds. The molecule has 0 radical (unpaired) electrons. The molecule has 0 saturated heterocycles. The Morgan fingerprint density at radius 3 is 2.41 bits per heavy atom. The number of sulfonamides is 1. The Kier molecular flexibility index (Phi) is 6.21. The number of hydrogen-bond acceptors (Lipinski definition) is 5. The zero-order valence-electron chi connectivity index (χ0n) is 19.0. The molecule has 1 atom stereocenters. The first-order chi connectivity index (χ1) is 16.4. The van der Waals surface area contributed by atoms with Crippen LogP contribution in [0.15, 0.2) is 68.7 Å². The summed E-state index contributed by atoms with van der Waals surface area (Å²) in [4.78, 5) is 13.3. The van der Waals surface area contributed by atoms with Crippen molar-refractivity contribution in [3.63, 3.8) is 0 Å². The molecule has 1 aromatic heterocycles. The monoisotopic (exact) mass is 479 g/mol. The molecule has 2 aromatic carbocycles. The molecule has 34 heavy (non-hydrogen) atoms. The molecular formula is C27H29NO5S. The normalized spacial score (nSPS) is 17.3. The topological polar surface area (TPSA) is 96.6 Å². The van der Waals surface area contributed by atoms with E-state index in [9.17, 15) is 18.3 Å². The van der Waals surface area contributed by atoms with Gasteiger partial charge in [-0.15, -0.1) is 0 Å². The van der Waals surface area contributed by atoms with E-state index in [4.69, 9.17) is 4.42 Å². The van der Waals surface area contributed by atoms with Crippen LogP contribution in [0.25, 0.3) is 0 Å². The second-order valence-electron chi connectivity index (χ2n) is 9.33. The lowest BCUT2D eigenvalue weighted by atomic mass is 9.85. The van der Waals surface area contributed by atoms with Gasteiger partial charge in [0.2, 0.25) is 0 Å². The Morgan fingerprint density at radius 1 is 0.941 bits per heavy atom. The van der Waals surface area contributed by atoms with Gasteiger partial charge in [0.25, 0.3) is 10.0 Å². The lowest BCUT2D eigenvalue weighted by Crippen LogP contribution is -2.19. The average molecular weight is 480 g/mol. The van der Waals surface area contributed by atoms with Gasteiger partial charge in [-0.2, -0.15) is 0 Å². The molecular weight excluding hydrogens is 450 g/mol. The molecule has 0 spiro atoms. The Hall–Kier alpha value is -3.06. The lowest BCUT2D eigenvalue weighted by Gasteiger charge is -2.22. The summed E-state index contributed by atoms with van der Waals surface area (Å²) in [5, 5.41) is 11.3. The number of aromatic hydroxyl groups is 1. The van der Waals surface area contributed by atoms with Crippen LogP contribution in [0, 0.1) is 5.92 Å². The van der Waals surface area contributed by atoms with Crippen molar-refractivity contribution in [2.75, 3.05) is 4.72 Å². The number of benzene rings is 2. The molecule has 7 heteroatoms. The van der Waals surface area contributed by atoms with E-state index in [1.165, 1.54) is 0 Å². The first kappa shape index (κ1) is 22.7. The van der Waals surface area contributed by atoms with Crippen LogP contribution < -0.4 is 10.3 Å². The average Bonchev–Trinajstić information content (AvgIpc) is 3.63. The van der Waals surface area contributed by atoms with Crippen molar-refractivity contribution in [2.45, 2.75) is 62.2 Å². The molecule has 0 unspecified atom stereocenters. The molecule has 1 fully saturated rings. The summed E-state index contributed by atoms with van der Waals surface area (Å²) in [5.41, 5.74) is 1.81. The Bertz CT molecular complexity index is 1340. The summed E-state index contributed by atoms with van der Waals surface area (Å²) in [6, 6.07) is 15.3. The molecule has 5 rings (SSSR count). The highest BCUT2D eigenvalue weighted by Crippen LogP contribution is 2.49. The van der Waals surface area contributed by atoms with Gasteiger partial charge in [-0.1, -0.05) is 43.2 Å². The first-order valence-electron chi connectivity index (χ1n) is 12.0. The summed E-state index contributed by atoms with van der Waals surface area (Å²) in [7, 11) is -3.74. The Morgan fingerprint density at radius 2 is 1.68 bits per heavy atom. The molecule has 1 saturated carbocycles. The Labute approximate surface area is 199 Å². The second kappa shape index (κ2) is 9.29. The van der Waals surface area contributed by atoms with Crippen LogP contribution in [-0.2, 0) is 22.9 Å². The smallest absolute Gasteiger partial charge is 0.343 e. The van der Waals surface area contributed by atoms with Gasteiger partial charge < -0.3 is 9.52 Å². The van der Waals surface area contributed by atoms with E-state index < -0.39 is 15.6 Å². The van der Waals surface area contributed by atoms with E-state index in [-0.39, 0.29) is 22.5 Å². The van der Waals surface area contributed by atoms with Crippen molar-refractivity contribution < 1.29 is 17.9 Å². The molecule has 2 aliphatic carbocycles. The number of aryl methyl sites for hydroxylation is 1. The summed E-state index contributed by atoms with van der Waals surface area (Å²) >= 11 is 0. The summed E-state index contributed by atoms with van der Waals surface area (Å²) in [6.45, 7) is 0. The van der Waals surface area contributed by atoms with E-state index in [0.29, 0.717) is 29.9 Å². The SMILES string of the molecule is O=c1oc2c(c(O)c1[C@@H](c1cccc(NS(=O)(=O)c3ccccc3)c1)C1CC1)CCCCCC2. The molecule has 2 aliphatic rings. The maximum atomic E-state index is 13.1. The fourth-order valence-electron chi connectivity index (χ4n) is 5.01. The number of anilines is 1. The van der Waals surface area contributed by atoms with Crippen LogP contribution in [0.3, 0.4) is 0 Å². The van der Waals surface area contributed by atoms with E-state index in [0.717, 1.165) is 49.7 Å². The summed E-state index contributed by atoms with van der Waals surface area (Å²) < 4.78 is 34.0.